The zero-order valence-electron chi connectivity index (χ0n) is 15.1. The first-order valence-corrected chi connectivity index (χ1v) is 9.42. The number of likely N-dealkylation sites (tertiary alicyclic amines) is 1. The van der Waals surface area contributed by atoms with Crippen molar-refractivity contribution in [3.05, 3.63) is 65.7 Å². The first-order valence-electron chi connectivity index (χ1n) is 9.42. The summed E-state index contributed by atoms with van der Waals surface area (Å²) in [6.45, 7) is 5.12. The predicted octanol–water partition coefficient (Wildman–Crippen LogP) is 4.26. The van der Waals surface area contributed by atoms with E-state index in [0.29, 0.717) is 6.42 Å². The number of piperidine rings is 1. The Balaban J connectivity index is 1.96. The molecule has 2 atom stereocenters. The number of benzene rings is 2. The van der Waals surface area contributed by atoms with Gasteiger partial charge in [0.15, 0.2) is 0 Å². The lowest BCUT2D eigenvalue weighted by atomic mass is 9.75. The number of hydrogen-bond donors (Lipinski definition) is 2. The Morgan fingerprint density at radius 2 is 1.60 bits per heavy atom. The van der Waals surface area contributed by atoms with Crippen LogP contribution in [0.4, 0.5) is 0 Å². The Morgan fingerprint density at radius 1 is 0.960 bits per heavy atom. The van der Waals surface area contributed by atoms with Gasteiger partial charge in [-0.3, -0.25) is 0 Å². The van der Waals surface area contributed by atoms with E-state index in [9.17, 15) is 10.2 Å². The van der Waals surface area contributed by atoms with Crippen LogP contribution in [-0.4, -0.2) is 34.7 Å². The van der Waals surface area contributed by atoms with E-state index < -0.39 is 5.60 Å². The molecule has 0 spiro atoms. The highest BCUT2D eigenvalue weighted by Crippen LogP contribution is 2.41. The van der Waals surface area contributed by atoms with Crippen molar-refractivity contribution in [3.63, 3.8) is 0 Å². The zero-order valence-corrected chi connectivity index (χ0v) is 15.1. The largest absolute Gasteiger partial charge is 0.508 e. The van der Waals surface area contributed by atoms with Gasteiger partial charge in [-0.25, -0.2) is 0 Å². The first-order chi connectivity index (χ1) is 12.1. The van der Waals surface area contributed by atoms with Crippen LogP contribution in [0.15, 0.2) is 54.6 Å². The van der Waals surface area contributed by atoms with Crippen LogP contribution < -0.4 is 0 Å². The number of rotatable bonds is 6. The van der Waals surface area contributed by atoms with Crippen molar-refractivity contribution in [1.29, 1.82) is 0 Å². The van der Waals surface area contributed by atoms with Gasteiger partial charge < -0.3 is 15.1 Å². The summed E-state index contributed by atoms with van der Waals surface area (Å²) in [6.07, 6.45) is 4.42. The van der Waals surface area contributed by atoms with Gasteiger partial charge in [-0.2, -0.15) is 0 Å². The van der Waals surface area contributed by atoms with Gasteiger partial charge in [-0.15, -0.1) is 0 Å². The maximum absolute atomic E-state index is 11.7. The highest BCUT2D eigenvalue weighted by Gasteiger charge is 2.39. The van der Waals surface area contributed by atoms with Gasteiger partial charge in [0, 0.05) is 12.5 Å². The van der Waals surface area contributed by atoms with Crippen molar-refractivity contribution in [3.8, 4) is 5.75 Å². The molecule has 1 aliphatic rings. The number of nitrogens with zero attached hydrogens (tertiary/aromatic N) is 1. The van der Waals surface area contributed by atoms with Crippen LogP contribution in [0.5, 0.6) is 5.75 Å². The van der Waals surface area contributed by atoms with Gasteiger partial charge in [0.1, 0.15) is 5.75 Å². The second-order valence-electron chi connectivity index (χ2n) is 7.15. The monoisotopic (exact) mass is 339 g/mol. The summed E-state index contributed by atoms with van der Waals surface area (Å²) in [6, 6.07) is 17.4. The highest BCUT2D eigenvalue weighted by atomic mass is 16.3. The van der Waals surface area contributed by atoms with Crippen molar-refractivity contribution in [2.24, 2.45) is 0 Å². The number of phenolic OH excluding ortho intramolecular Hbond substituents is 1. The van der Waals surface area contributed by atoms with Crippen LogP contribution >= 0.6 is 0 Å². The minimum atomic E-state index is -0.952. The molecule has 2 aromatic rings. The Bertz CT molecular complexity index is 649. The van der Waals surface area contributed by atoms with E-state index in [1.54, 1.807) is 12.1 Å². The van der Waals surface area contributed by atoms with Crippen LogP contribution in [0.3, 0.4) is 0 Å². The fourth-order valence-electron chi connectivity index (χ4n) is 4.02. The van der Waals surface area contributed by atoms with Gasteiger partial charge in [0.25, 0.3) is 0 Å². The predicted molar refractivity (Wildman–Crippen MR) is 102 cm³/mol. The van der Waals surface area contributed by atoms with Crippen LogP contribution in [0, 0.1) is 0 Å². The molecule has 0 aliphatic carbocycles. The van der Waals surface area contributed by atoms with Crippen molar-refractivity contribution in [2.75, 3.05) is 19.6 Å². The normalized spacial score (nSPS) is 19.3. The van der Waals surface area contributed by atoms with Crippen molar-refractivity contribution in [2.45, 2.75) is 44.1 Å². The topological polar surface area (TPSA) is 43.7 Å². The first kappa shape index (κ1) is 18.0. The summed E-state index contributed by atoms with van der Waals surface area (Å²) >= 11 is 0. The molecule has 0 amide bonds. The van der Waals surface area contributed by atoms with Gasteiger partial charge in [-0.1, -0.05) is 55.8 Å². The second-order valence-corrected chi connectivity index (χ2v) is 7.15. The Morgan fingerprint density at radius 3 is 2.20 bits per heavy atom. The molecule has 0 aromatic heterocycles. The zero-order chi connectivity index (χ0) is 17.7. The summed E-state index contributed by atoms with van der Waals surface area (Å²) < 4.78 is 0. The Hall–Kier alpha value is -1.84. The van der Waals surface area contributed by atoms with Crippen LogP contribution in [0.1, 0.15) is 49.7 Å². The maximum Gasteiger partial charge on any atom is 0.115 e. The van der Waals surface area contributed by atoms with Gasteiger partial charge in [0.05, 0.1) is 5.60 Å². The molecule has 0 unspecified atom stereocenters. The molecule has 3 heteroatoms. The summed E-state index contributed by atoms with van der Waals surface area (Å²) in [4.78, 5) is 2.49. The molecule has 1 fully saturated rings. The molecule has 134 valence electrons. The van der Waals surface area contributed by atoms with E-state index in [2.05, 4.69) is 17.0 Å². The quantitative estimate of drug-likeness (QED) is 0.826. The molecule has 3 nitrogen and oxygen atoms in total. The molecule has 2 N–H and O–H groups in total. The van der Waals surface area contributed by atoms with E-state index in [1.807, 2.05) is 37.3 Å². The van der Waals surface area contributed by atoms with E-state index in [4.69, 9.17) is 0 Å². The second kappa shape index (κ2) is 8.03. The molecule has 2 aromatic carbocycles. The van der Waals surface area contributed by atoms with E-state index in [0.717, 1.165) is 25.2 Å². The lowest BCUT2D eigenvalue weighted by Crippen LogP contribution is -2.42. The third-order valence-corrected chi connectivity index (χ3v) is 5.57. The fourth-order valence-corrected chi connectivity index (χ4v) is 4.02. The number of phenols is 1. The fraction of sp³-hybridized carbons (Fsp3) is 0.455. The molecular weight excluding hydrogens is 310 g/mol. The van der Waals surface area contributed by atoms with Crippen molar-refractivity contribution in [1.82, 2.24) is 4.90 Å². The third-order valence-electron chi connectivity index (χ3n) is 5.57. The lowest BCUT2D eigenvalue weighted by molar-refractivity contribution is -0.0105. The molecule has 0 bridgehead atoms. The summed E-state index contributed by atoms with van der Waals surface area (Å²) in [7, 11) is 0. The van der Waals surface area contributed by atoms with E-state index in [-0.39, 0.29) is 11.7 Å². The average Bonchev–Trinajstić information content (AvgIpc) is 2.67. The molecule has 25 heavy (non-hydrogen) atoms. The molecule has 1 heterocycles. The van der Waals surface area contributed by atoms with E-state index >= 15 is 0 Å². The van der Waals surface area contributed by atoms with Gasteiger partial charge in [0.2, 0.25) is 0 Å². The maximum atomic E-state index is 11.7. The third kappa shape index (κ3) is 4.05. The molecule has 0 radical (unpaired) electrons. The van der Waals surface area contributed by atoms with E-state index in [1.165, 1.54) is 24.8 Å². The Kier molecular flexibility index (Phi) is 5.77. The average molecular weight is 339 g/mol. The standard InChI is InChI=1S/C22H29NO2/c1-2-22(25,19-11-13-20(24)14-12-19)21(18-9-5-3-6-10-18)17-23-15-7-4-8-16-23/h3,5-6,9-14,21,24-25H,2,4,7-8,15-17H2,1H3/t21-,22-/m1/s1. The minimum absolute atomic E-state index is 0.00124. The van der Waals surface area contributed by atoms with Gasteiger partial charge >= 0.3 is 0 Å². The minimum Gasteiger partial charge on any atom is -0.508 e. The molecule has 1 saturated heterocycles. The Labute approximate surface area is 150 Å². The molecule has 3 rings (SSSR count). The summed E-state index contributed by atoms with van der Waals surface area (Å²) in [5, 5.41) is 21.3. The number of aromatic hydroxyl groups is 1. The molecular formula is C22H29NO2. The molecule has 0 saturated carbocycles. The van der Waals surface area contributed by atoms with Crippen molar-refractivity contribution >= 4 is 0 Å². The number of aliphatic hydroxyl groups is 1. The summed E-state index contributed by atoms with van der Waals surface area (Å²) in [5.74, 6) is 0.232. The van der Waals surface area contributed by atoms with Crippen molar-refractivity contribution < 1.29 is 10.2 Å². The highest BCUT2D eigenvalue weighted by molar-refractivity contribution is 5.35. The number of hydrogen-bond acceptors (Lipinski definition) is 3. The van der Waals surface area contributed by atoms with Crippen LogP contribution in [0.2, 0.25) is 0 Å². The smallest absolute Gasteiger partial charge is 0.115 e. The SMILES string of the molecule is CC[C@@](O)(c1ccc(O)cc1)[C@H](CN1CCCCC1)c1ccccc1. The lowest BCUT2D eigenvalue weighted by Gasteiger charge is -2.40. The molecule has 1 aliphatic heterocycles. The van der Waals surface area contributed by atoms with Crippen LogP contribution in [-0.2, 0) is 5.60 Å². The van der Waals surface area contributed by atoms with Gasteiger partial charge in [-0.05, 0) is 55.6 Å². The van der Waals surface area contributed by atoms with Crippen LogP contribution in [0.25, 0.3) is 0 Å². The summed E-state index contributed by atoms with van der Waals surface area (Å²) in [5.41, 5.74) is 1.09.